The molecular formula is C22H19N3O2S. The van der Waals surface area contributed by atoms with Crippen LogP contribution in [-0.4, -0.2) is 23.8 Å². The molecule has 28 heavy (non-hydrogen) atoms. The van der Waals surface area contributed by atoms with Crippen LogP contribution in [0.25, 0.3) is 0 Å². The van der Waals surface area contributed by atoms with E-state index in [-0.39, 0.29) is 11.8 Å². The molecule has 3 aromatic rings. The Morgan fingerprint density at radius 2 is 1.82 bits per heavy atom. The number of aromatic nitrogens is 1. The van der Waals surface area contributed by atoms with Gasteiger partial charge in [0.1, 0.15) is 5.03 Å². The highest BCUT2D eigenvalue weighted by atomic mass is 32.2. The van der Waals surface area contributed by atoms with Crippen molar-refractivity contribution in [3.63, 3.8) is 0 Å². The smallest absolute Gasteiger partial charge is 0.260 e. The number of amides is 2. The van der Waals surface area contributed by atoms with Crippen molar-refractivity contribution in [1.29, 1.82) is 0 Å². The van der Waals surface area contributed by atoms with Crippen molar-refractivity contribution in [2.24, 2.45) is 0 Å². The van der Waals surface area contributed by atoms with Gasteiger partial charge >= 0.3 is 0 Å². The van der Waals surface area contributed by atoms with Gasteiger partial charge in [-0.3, -0.25) is 9.59 Å². The summed E-state index contributed by atoms with van der Waals surface area (Å²) in [5.74, 6) is -0.255. The molecule has 0 unspecified atom stereocenters. The van der Waals surface area contributed by atoms with Gasteiger partial charge in [-0.15, -0.1) is 0 Å². The highest BCUT2D eigenvalue weighted by Crippen LogP contribution is 2.41. The number of nitrogens with one attached hydrogen (secondary N) is 1. The van der Waals surface area contributed by atoms with E-state index in [0.29, 0.717) is 21.8 Å². The van der Waals surface area contributed by atoms with Gasteiger partial charge < -0.3 is 10.2 Å². The summed E-state index contributed by atoms with van der Waals surface area (Å²) < 4.78 is 0. The van der Waals surface area contributed by atoms with Gasteiger partial charge in [-0.05, 0) is 56.3 Å². The number of fused-ring (bicyclic) bond motifs is 2. The van der Waals surface area contributed by atoms with Gasteiger partial charge in [0, 0.05) is 29.4 Å². The maximum atomic E-state index is 12.7. The van der Waals surface area contributed by atoms with E-state index in [2.05, 4.69) is 10.3 Å². The van der Waals surface area contributed by atoms with Crippen LogP contribution in [0.5, 0.6) is 0 Å². The monoisotopic (exact) mass is 389 g/mol. The number of hydrogen-bond acceptors (Lipinski definition) is 4. The Balaban J connectivity index is 1.67. The molecular weight excluding hydrogens is 370 g/mol. The van der Waals surface area contributed by atoms with E-state index < -0.39 is 0 Å². The topological polar surface area (TPSA) is 62.3 Å². The number of benzene rings is 2. The Morgan fingerprint density at radius 1 is 1.07 bits per heavy atom. The SMILES string of the molecule is Cc1cc(C)cc(C(=O)Nc2ccc3c(c2)Sc2ncccc2C(=O)N3C)c1. The Labute approximate surface area is 167 Å². The lowest BCUT2D eigenvalue weighted by molar-refractivity contribution is 0.0987. The van der Waals surface area contributed by atoms with E-state index in [1.165, 1.54) is 11.8 Å². The van der Waals surface area contributed by atoms with Gasteiger partial charge in [0.2, 0.25) is 0 Å². The molecule has 140 valence electrons. The standard InChI is InChI=1S/C22H19N3O2S/c1-13-9-14(2)11-15(10-13)20(26)24-16-6-7-18-19(12-16)28-21-17(5-4-8-23-21)22(27)25(18)3/h4-12H,1-3H3,(H,24,26). The molecule has 1 N–H and O–H groups in total. The Morgan fingerprint density at radius 3 is 2.57 bits per heavy atom. The molecule has 2 aromatic carbocycles. The molecule has 0 spiro atoms. The number of nitrogens with zero attached hydrogens (tertiary/aromatic N) is 2. The van der Waals surface area contributed by atoms with E-state index in [9.17, 15) is 9.59 Å². The lowest BCUT2D eigenvalue weighted by atomic mass is 10.1. The summed E-state index contributed by atoms with van der Waals surface area (Å²) in [6.45, 7) is 3.94. The van der Waals surface area contributed by atoms with Crippen LogP contribution < -0.4 is 10.2 Å². The van der Waals surface area contributed by atoms with E-state index in [0.717, 1.165) is 21.7 Å². The average Bonchev–Trinajstić information content (AvgIpc) is 2.76. The quantitative estimate of drug-likeness (QED) is 0.691. The molecule has 5 nitrogen and oxygen atoms in total. The van der Waals surface area contributed by atoms with Crippen LogP contribution in [0.3, 0.4) is 0 Å². The van der Waals surface area contributed by atoms with Crippen molar-refractivity contribution in [1.82, 2.24) is 4.98 Å². The van der Waals surface area contributed by atoms with Crippen LogP contribution in [-0.2, 0) is 0 Å². The first kappa shape index (κ1) is 18.3. The highest BCUT2D eigenvalue weighted by molar-refractivity contribution is 7.99. The van der Waals surface area contributed by atoms with E-state index >= 15 is 0 Å². The average molecular weight is 389 g/mol. The van der Waals surface area contributed by atoms with Gasteiger partial charge in [-0.25, -0.2) is 4.98 Å². The summed E-state index contributed by atoms with van der Waals surface area (Å²) in [7, 11) is 1.75. The third-order valence-corrected chi connectivity index (χ3v) is 5.64. The molecule has 0 radical (unpaired) electrons. The van der Waals surface area contributed by atoms with Gasteiger partial charge in [0.15, 0.2) is 0 Å². The summed E-state index contributed by atoms with van der Waals surface area (Å²) in [4.78, 5) is 32.2. The zero-order valence-electron chi connectivity index (χ0n) is 15.8. The van der Waals surface area contributed by atoms with E-state index in [1.807, 2.05) is 50.2 Å². The maximum Gasteiger partial charge on any atom is 0.260 e. The number of carbonyl (C=O) groups is 2. The molecule has 6 heteroatoms. The fraction of sp³-hybridized carbons (Fsp3) is 0.136. The van der Waals surface area contributed by atoms with Crippen molar-refractivity contribution in [3.05, 3.63) is 77.0 Å². The van der Waals surface area contributed by atoms with Crippen LogP contribution in [0.2, 0.25) is 0 Å². The van der Waals surface area contributed by atoms with Crippen LogP contribution in [0.15, 0.2) is 64.6 Å². The van der Waals surface area contributed by atoms with E-state index in [1.54, 1.807) is 30.3 Å². The first-order valence-electron chi connectivity index (χ1n) is 8.87. The van der Waals surface area contributed by atoms with Gasteiger partial charge in [-0.1, -0.05) is 29.0 Å². The number of carbonyl (C=O) groups excluding carboxylic acids is 2. The second-order valence-electron chi connectivity index (χ2n) is 6.84. The highest BCUT2D eigenvalue weighted by Gasteiger charge is 2.25. The molecule has 1 aliphatic heterocycles. The molecule has 4 rings (SSSR count). The minimum atomic E-state index is -0.159. The number of rotatable bonds is 2. The third kappa shape index (κ3) is 3.39. The normalized spacial score (nSPS) is 12.8. The van der Waals surface area contributed by atoms with Crippen LogP contribution in [0, 0.1) is 13.8 Å². The van der Waals surface area contributed by atoms with Gasteiger partial charge in [-0.2, -0.15) is 0 Å². The number of hydrogen-bond donors (Lipinski definition) is 1. The lowest BCUT2D eigenvalue weighted by Crippen LogP contribution is -2.26. The van der Waals surface area contributed by atoms with Gasteiger partial charge in [0.25, 0.3) is 11.8 Å². The molecule has 0 bridgehead atoms. The molecule has 2 amide bonds. The predicted octanol–water partition coefficient (Wildman–Crippen LogP) is 4.69. The summed E-state index contributed by atoms with van der Waals surface area (Å²) in [6.07, 6.45) is 1.68. The van der Waals surface area contributed by atoms with E-state index in [4.69, 9.17) is 0 Å². The first-order chi connectivity index (χ1) is 13.4. The second-order valence-corrected chi connectivity index (χ2v) is 7.87. The molecule has 2 heterocycles. The maximum absolute atomic E-state index is 12.7. The minimum absolute atomic E-state index is 0.0960. The van der Waals surface area contributed by atoms with Crippen LogP contribution in [0.1, 0.15) is 31.8 Å². The molecule has 0 atom stereocenters. The molecule has 0 saturated carbocycles. The van der Waals surface area contributed by atoms with Crippen molar-refractivity contribution >= 4 is 35.0 Å². The van der Waals surface area contributed by atoms with Crippen molar-refractivity contribution in [2.75, 3.05) is 17.3 Å². The number of aryl methyl sites for hydroxylation is 2. The zero-order chi connectivity index (χ0) is 19.8. The summed E-state index contributed by atoms with van der Waals surface area (Å²) >= 11 is 1.43. The van der Waals surface area contributed by atoms with Crippen LogP contribution in [0.4, 0.5) is 11.4 Å². The number of pyridine rings is 1. The number of anilines is 2. The third-order valence-electron chi connectivity index (χ3n) is 4.58. The van der Waals surface area contributed by atoms with Crippen LogP contribution >= 0.6 is 11.8 Å². The molecule has 0 saturated heterocycles. The Bertz CT molecular complexity index is 1090. The fourth-order valence-electron chi connectivity index (χ4n) is 3.29. The van der Waals surface area contributed by atoms with Crippen molar-refractivity contribution < 1.29 is 9.59 Å². The summed E-state index contributed by atoms with van der Waals surface area (Å²) in [5.41, 5.74) is 4.76. The predicted molar refractivity (Wildman–Crippen MR) is 111 cm³/mol. The molecule has 0 aliphatic carbocycles. The Kier molecular flexibility index (Phi) is 4.65. The largest absolute Gasteiger partial charge is 0.322 e. The van der Waals surface area contributed by atoms with Crippen molar-refractivity contribution in [2.45, 2.75) is 23.8 Å². The summed E-state index contributed by atoms with van der Waals surface area (Å²) in [5, 5.41) is 3.62. The minimum Gasteiger partial charge on any atom is -0.322 e. The summed E-state index contributed by atoms with van der Waals surface area (Å²) in [6, 6.07) is 14.9. The Hall–Kier alpha value is -3.12. The molecule has 1 aromatic heterocycles. The van der Waals surface area contributed by atoms with Gasteiger partial charge in [0.05, 0.1) is 11.3 Å². The molecule has 0 fully saturated rings. The second kappa shape index (κ2) is 7.13. The first-order valence-corrected chi connectivity index (χ1v) is 9.68. The lowest BCUT2D eigenvalue weighted by Gasteiger charge is -2.18. The zero-order valence-corrected chi connectivity index (χ0v) is 16.6. The molecule has 1 aliphatic rings. The fourth-order valence-corrected chi connectivity index (χ4v) is 4.37. The van der Waals surface area contributed by atoms with Crippen molar-refractivity contribution in [3.8, 4) is 0 Å².